The number of anilines is 3. The van der Waals surface area contributed by atoms with Gasteiger partial charge in [-0.3, -0.25) is 5.32 Å². The van der Waals surface area contributed by atoms with Crippen LogP contribution in [0, 0.1) is 5.82 Å². The van der Waals surface area contributed by atoms with Crippen molar-refractivity contribution in [1.82, 2.24) is 4.98 Å². The van der Waals surface area contributed by atoms with Gasteiger partial charge in [-0.1, -0.05) is 18.7 Å². The molecule has 0 fully saturated rings. The van der Waals surface area contributed by atoms with E-state index in [1.807, 2.05) is 0 Å². The van der Waals surface area contributed by atoms with Crippen LogP contribution in [-0.2, 0) is 0 Å². The van der Waals surface area contributed by atoms with Crippen LogP contribution >= 0.6 is 0 Å². The maximum atomic E-state index is 14.4. The van der Waals surface area contributed by atoms with Crippen LogP contribution in [0.25, 0.3) is 0 Å². The molecule has 164 valence electrons. The van der Waals surface area contributed by atoms with E-state index in [0.29, 0.717) is 18.0 Å². The van der Waals surface area contributed by atoms with E-state index in [9.17, 15) is 14.0 Å². The topological polar surface area (TPSA) is 122 Å². The standard InChI is InChI=1S/C22H19FN4O5/c1-2-10-31-16-5-3-4-14(11-16)25-21(28)26-15-6-7-19(18(23)12-15)32-17-8-9-24-20(13-17)27-22(29)30/h2-9,11-13H,1,10H2,(H,24,27)(H,29,30)(H2,25,26,28). The number of aromatic nitrogens is 1. The van der Waals surface area contributed by atoms with Gasteiger partial charge in [0.1, 0.15) is 23.9 Å². The molecule has 4 N–H and O–H groups in total. The molecule has 10 heteroatoms. The van der Waals surface area contributed by atoms with Gasteiger partial charge in [0.15, 0.2) is 11.6 Å². The lowest BCUT2D eigenvalue weighted by atomic mass is 10.3. The lowest BCUT2D eigenvalue weighted by Gasteiger charge is -2.11. The Morgan fingerprint density at radius 2 is 1.81 bits per heavy atom. The van der Waals surface area contributed by atoms with Gasteiger partial charge in [-0.05, 0) is 30.3 Å². The molecule has 0 aliphatic heterocycles. The van der Waals surface area contributed by atoms with E-state index in [-0.39, 0.29) is 23.0 Å². The predicted octanol–water partition coefficient (Wildman–Crippen LogP) is 5.31. The second-order valence-corrected chi connectivity index (χ2v) is 6.26. The SMILES string of the molecule is C=CCOc1cccc(NC(=O)Nc2ccc(Oc3ccnc(NC(=O)O)c3)c(F)c2)c1. The smallest absolute Gasteiger partial charge is 0.410 e. The molecule has 0 atom stereocenters. The molecule has 1 aromatic heterocycles. The molecule has 1 heterocycles. The molecule has 0 aliphatic rings. The maximum Gasteiger partial charge on any atom is 0.410 e. The van der Waals surface area contributed by atoms with Crippen LogP contribution in [0.15, 0.2) is 73.4 Å². The lowest BCUT2D eigenvalue weighted by molar-refractivity contribution is 0.209. The number of hydrogen-bond acceptors (Lipinski definition) is 5. The van der Waals surface area contributed by atoms with E-state index in [2.05, 4.69) is 27.5 Å². The molecule has 0 bridgehead atoms. The normalized spacial score (nSPS) is 10.0. The van der Waals surface area contributed by atoms with Crippen molar-refractivity contribution in [3.05, 3.63) is 79.3 Å². The van der Waals surface area contributed by atoms with Crippen LogP contribution in [-0.4, -0.2) is 28.8 Å². The molecule has 3 amide bonds. The van der Waals surface area contributed by atoms with Gasteiger partial charge in [-0.25, -0.2) is 19.0 Å². The number of ether oxygens (including phenoxy) is 2. The summed E-state index contributed by atoms with van der Waals surface area (Å²) in [6, 6.07) is 12.8. The van der Waals surface area contributed by atoms with Crippen molar-refractivity contribution in [2.24, 2.45) is 0 Å². The molecular weight excluding hydrogens is 419 g/mol. The molecule has 2 aromatic carbocycles. The van der Waals surface area contributed by atoms with Gasteiger partial charge in [0, 0.05) is 35.8 Å². The van der Waals surface area contributed by atoms with Crippen LogP contribution in [0.2, 0.25) is 0 Å². The van der Waals surface area contributed by atoms with Gasteiger partial charge < -0.3 is 25.2 Å². The number of carbonyl (C=O) groups excluding carboxylic acids is 1. The lowest BCUT2D eigenvalue weighted by Crippen LogP contribution is -2.19. The van der Waals surface area contributed by atoms with E-state index < -0.39 is 17.9 Å². The highest BCUT2D eigenvalue weighted by atomic mass is 19.1. The third kappa shape index (κ3) is 6.46. The Morgan fingerprint density at radius 1 is 1.03 bits per heavy atom. The van der Waals surface area contributed by atoms with Crippen molar-refractivity contribution in [2.45, 2.75) is 0 Å². The highest BCUT2D eigenvalue weighted by Gasteiger charge is 2.10. The number of rotatable bonds is 8. The highest BCUT2D eigenvalue weighted by molar-refractivity contribution is 5.99. The van der Waals surface area contributed by atoms with Crippen LogP contribution < -0.4 is 25.4 Å². The number of urea groups is 1. The number of hydrogen-bond donors (Lipinski definition) is 4. The first-order valence-electron chi connectivity index (χ1n) is 9.28. The Kier molecular flexibility index (Phi) is 7.20. The monoisotopic (exact) mass is 438 g/mol. The fourth-order valence-corrected chi connectivity index (χ4v) is 2.55. The predicted molar refractivity (Wildman–Crippen MR) is 117 cm³/mol. The van der Waals surface area contributed by atoms with E-state index in [0.717, 1.165) is 6.07 Å². The van der Waals surface area contributed by atoms with E-state index in [1.165, 1.54) is 30.5 Å². The number of halogens is 1. The number of carboxylic acid groups (broad SMARTS) is 1. The Balaban J connectivity index is 1.62. The molecule has 3 rings (SSSR count). The molecule has 0 saturated heterocycles. The summed E-state index contributed by atoms with van der Waals surface area (Å²) in [5.41, 5.74) is 0.697. The van der Waals surface area contributed by atoms with E-state index in [1.54, 1.807) is 30.3 Å². The molecule has 0 unspecified atom stereocenters. The molecule has 0 radical (unpaired) electrons. The number of benzene rings is 2. The molecule has 0 aliphatic carbocycles. The molecule has 0 saturated carbocycles. The fourth-order valence-electron chi connectivity index (χ4n) is 2.55. The zero-order chi connectivity index (χ0) is 22.9. The van der Waals surface area contributed by atoms with Gasteiger partial charge >= 0.3 is 12.1 Å². The number of amides is 3. The van der Waals surface area contributed by atoms with Crippen LogP contribution in [0.5, 0.6) is 17.2 Å². The van der Waals surface area contributed by atoms with Gasteiger partial charge in [0.2, 0.25) is 0 Å². The highest BCUT2D eigenvalue weighted by Crippen LogP contribution is 2.28. The number of pyridine rings is 1. The minimum absolute atomic E-state index is 0.0318. The van der Waals surface area contributed by atoms with Crippen molar-refractivity contribution in [3.8, 4) is 17.2 Å². The fraction of sp³-hybridized carbons (Fsp3) is 0.0455. The van der Waals surface area contributed by atoms with Crippen molar-refractivity contribution in [3.63, 3.8) is 0 Å². The van der Waals surface area contributed by atoms with Crippen LogP contribution in [0.4, 0.5) is 31.2 Å². The molecule has 9 nitrogen and oxygen atoms in total. The van der Waals surface area contributed by atoms with E-state index >= 15 is 0 Å². The van der Waals surface area contributed by atoms with Crippen LogP contribution in [0.3, 0.4) is 0 Å². The Labute approximate surface area is 182 Å². The second-order valence-electron chi connectivity index (χ2n) is 6.26. The average molecular weight is 438 g/mol. The zero-order valence-corrected chi connectivity index (χ0v) is 16.7. The van der Waals surface area contributed by atoms with Gasteiger partial charge in [-0.15, -0.1) is 0 Å². The maximum absolute atomic E-state index is 14.4. The van der Waals surface area contributed by atoms with Gasteiger partial charge in [0.25, 0.3) is 0 Å². The molecule has 3 aromatic rings. The number of nitrogens with zero attached hydrogens (tertiary/aromatic N) is 1. The quantitative estimate of drug-likeness (QED) is 0.354. The summed E-state index contributed by atoms with van der Waals surface area (Å²) >= 11 is 0. The second kappa shape index (κ2) is 10.4. The first-order valence-corrected chi connectivity index (χ1v) is 9.28. The van der Waals surface area contributed by atoms with Gasteiger partial charge in [-0.2, -0.15) is 0 Å². The third-order valence-electron chi connectivity index (χ3n) is 3.84. The van der Waals surface area contributed by atoms with Crippen molar-refractivity contribution < 1.29 is 28.6 Å². The molecular formula is C22H19FN4O5. The number of carbonyl (C=O) groups is 2. The van der Waals surface area contributed by atoms with E-state index in [4.69, 9.17) is 14.6 Å². The summed E-state index contributed by atoms with van der Waals surface area (Å²) in [4.78, 5) is 26.7. The summed E-state index contributed by atoms with van der Waals surface area (Å²) in [5.74, 6) is -0.0697. The van der Waals surface area contributed by atoms with Crippen LogP contribution in [0.1, 0.15) is 0 Å². The Hall–Kier alpha value is -4.60. The molecule has 0 spiro atoms. The first kappa shape index (κ1) is 22.1. The van der Waals surface area contributed by atoms with Crippen molar-refractivity contribution in [2.75, 3.05) is 22.6 Å². The summed E-state index contributed by atoms with van der Waals surface area (Å²) in [6.07, 6.45) is 1.64. The third-order valence-corrected chi connectivity index (χ3v) is 3.84. The Bertz CT molecular complexity index is 1140. The summed E-state index contributed by atoms with van der Waals surface area (Å²) in [6.45, 7) is 3.91. The first-order chi connectivity index (χ1) is 15.4. The average Bonchev–Trinajstić information content (AvgIpc) is 2.74. The minimum atomic E-state index is -1.29. The summed E-state index contributed by atoms with van der Waals surface area (Å²) in [5, 5.41) is 16.0. The molecule has 32 heavy (non-hydrogen) atoms. The van der Waals surface area contributed by atoms with Gasteiger partial charge in [0.05, 0.1) is 0 Å². The van der Waals surface area contributed by atoms with Crippen molar-refractivity contribution >= 4 is 29.3 Å². The zero-order valence-electron chi connectivity index (χ0n) is 16.7. The largest absolute Gasteiger partial charge is 0.489 e. The van der Waals surface area contributed by atoms with Crippen molar-refractivity contribution in [1.29, 1.82) is 0 Å². The number of nitrogens with one attached hydrogen (secondary N) is 3. The summed E-state index contributed by atoms with van der Waals surface area (Å²) in [7, 11) is 0. The Morgan fingerprint density at radius 3 is 2.53 bits per heavy atom. The minimum Gasteiger partial charge on any atom is -0.489 e. The summed E-state index contributed by atoms with van der Waals surface area (Å²) < 4.78 is 25.3.